The minimum Gasteiger partial charge on any atom is -0.267 e. The number of aromatic nitrogens is 2. The summed E-state index contributed by atoms with van der Waals surface area (Å²) >= 11 is 5.29. The molecule has 4 heteroatoms. The summed E-state index contributed by atoms with van der Waals surface area (Å²) in [4.78, 5) is 1.29. The molecule has 2 aromatic heterocycles. The number of benzene rings is 1. The van der Waals surface area contributed by atoms with E-state index in [2.05, 4.69) is 50.8 Å². The van der Waals surface area contributed by atoms with Gasteiger partial charge in [0.2, 0.25) is 0 Å². The molecule has 0 bridgehead atoms. The maximum atomic E-state index is 4.41. The lowest BCUT2D eigenvalue weighted by molar-refractivity contribution is 0.693. The number of hydrogen-bond acceptors (Lipinski definition) is 2. The first-order valence-electron chi connectivity index (χ1n) is 5.63. The van der Waals surface area contributed by atoms with Gasteiger partial charge in [-0.3, -0.25) is 4.68 Å². The topological polar surface area (TPSA) is 17.8 Å². The summed E-state index contributed by atoms with van der Waals surface area (Å²) in [6, 6.07) is 12.4. The van der Waals surface area contributed by atoms with Crippen molar-refractivity contribution in [2.45, 2.75) is 6.54 Å². The molecule has 2 heterocycles. The third-order valence-electron chi connectivity index (χ3n) is 2.74. The van der Waals surface area contributed by atoms with Crippen LogP contribution in [-0.4, -0.2) is 9.78 Å². The normalized spacial score (nSPS) is 10.7. The van der Waals surface area contributed by atoms with E-state index in [1.165, 1.54) is 10.4 Å². The smallest absolute Gasteiger partial charge is 0.0763 e. The fraction of sp³-hybridized carbons (Fsp3) is 0.0714. The molecule has 0 aliphatic heterocycles. The maximum Gasteiger partial charge on any atom is 0.0763 e. The van der Waals surface area contributed by atoms with Crippen LogP contribution >= 0.6 is 27.3 Å². The second-order valence-corrected chi connectivity index (χ2v) is 5.84. The molecule has 1 aromatic carbocycles. The zero-order valence-electron chi connectivity index (χ0n) is 9.58. The molecule has 0 aliphatic carbocycles. The first-order chi connectivity index (χ1) is 8.83. The quantitative estimate of drug-likeness (QED) is 0.699. The van der Waals surface area contributed by atoms with Crippen molar-refractivity contribution in [3.05, 3.63) is 63.5 Å². The highest BCUT2D eigenvalue weighted by Gasteiger charge is 2.05. The molecule has 0 N–H and O–H groups in total. The molecule has 0 saturated heterocycles. The molecule has 18 heavy (non-hydrogen) atoms. The summed E-state index contributed by atoms with van der Waals surface area (Å²) in [5, 5.41) is 6.50. The largest absolute Gasteiger partial charge is 0.267 e. The van der Waals surface area contributed by atoms with Crippen molar-refractivity contribution in [2.24, 2.45) is 0 Å². The summed E-state index contributed by atoms with van der Waals surface area (Å²) in [6.45, 7) is 0.811. The molecule has 0 spiro atoms. The Bertz CT molecular complexity index is 643. The van der Waals surface area contributed by atoms with Crippen molar-refractivity contribution in [1.29, 1.82) is 0 Å². The molecule has 3 rings (SSSR count). The summed E-state index contributed by atoms with van der Waals surface area (Å²) < 4.78 is 3.13. The van der Waals surface area contributed by atoms with Crippen molar-refractivity contribution >= 4 is 27.3 Å². The SMILES string of the molecule is Brc1ccsc1Cn1cc(-c2ccccc2)cn1. The molecule has 0 aliphatic rings. The predicted molar refractivity (Wildman–Crippen MR) is 78.8 cm³/mol. The number of hydrogen-bond donors (Lipinski definition) is 0. The lowest BCUT2D eigenvalue weighted by Crippen LogP contribution is -1.97. The van der Waals surface area contributed by atoms with Crippen molar-refractivity contribution in [2.75, 3.05) is 0 Å². The highest BCUT2D eigenvalue weighted by atomic mass is 79.9. The maximum absolute atomic E-state index is 4.41. The molecular weight excluding hydrogens is 308 g/mol. The van der Waals surface area contributed by atoms with Crippen molar-refractivity contribution in [1.82, 2.24) is 9.78 Å². The molecule has 2 nitrogen and oxygen atoms in total. The Balaban J connectivity index is 1.84. The minimum atomic E-state index is 0.811. The molecular formula is C14H11BrN2S. The summed E-state index contributed by atoms with van der Waals surface area (Å²) in [5.41, 5.74) is 2.36. The van der Waals surface area contributed by atoms with Gasteiger partial charge in [0.05, 0.1) is 12.7 Å². The van der Waals surface area contributed by atoms with Crippen molar-refractivity contribution < 1.29 is 0 Å². The van der Waals surface area contributed by atoms with Crippen LogP contribution in [0.5, 0.6) is 0 Å². The second kappa shape index (κ2) is 5.08. The zero-order chi connectivity index (χ0) is 12.4. The molecule has 3 aromatic rings. The van der Waals surface area contributed by atoms with Gasteiger partial charge in [0.25, 0.3) is 0 Å². The van der Waals surface area contributed by atoms with E-state index >= 15 is 0 Å². The van der Waals surface area contributed by atoms with Crippen molar-refractivity contribution in [3.63, 3.8) is 0 Å². The van der Waals surface area contributed by atoms with Crippen LogP contribution in [0.3, 0.4) is 0 Å². The van der Waals surface area contributed by atoms with Gasteiger partial charge in [-0.05, 0) is 32.9 Å². The highest BCUT2D eigenvalue weighted by Crippen LogP contribution is 2.24. The van der Waals surface area contributed by atoms with Gasteiger partial charge in [0.15, 0.2) is 0 Å². The zero-order valence-corrected chi connectivity index (χ0v) is 12.0. The van der Waals surface area contributed by atoms with Gasteiger partial charge in [-0.15, -0.1) is 11.3 Å². The van der Waals surface area contributed by atoms with E-state index in [0.717, 1.165) is 16.6 Å². The van der Waals surface area contributed by atoms with Crippen molar-refractivity contribution in [3.8, 4) is 11.1 Å². The van der Waals surface area contributed by atoms with E-state index in [9.17, 15) is 0 Å². The number of thiophene rings is 1. The van der Waals surface area contributed by atoms with E-state index in [-0.39, 0.29) is 0 Å². The molecule has 90 valence electrons. The van der Waals surface area contributed by atoms with Crippen LogP contribution in [0, 0.1) is 0 Å². The van der Waals surface area contributed by atoms with Gasteiger partial charge >= 0.3 is 0 Å². The van der Waals surface area contributed by atoms with Gasteiger partial charge < -0.3 is 0 Å². The first kappa shape index (κ1) is 11.7. The third-order valence-corrected chi connectivity index (χ3v) is 4.65. The van der Waals surface area contributed by atoms with Crippen LogP contribution in [0.15, 0.2) is 58.6 Å². The Morgan fingerprint density at radius 1 is 1.11 bits per heavy atom. The summed E-state index contributed by atoms with van der Waals surface area (Å²) in [6.07, 6.45) is 4.00. The molecule has 0 fully saturated rings. The first-order valence-corrected chi connectivity index (χ1v) is 7.30. The van der Waals surface area contributed by atoms with E-state index in [1.54, 1.807) is 11.3 Å². The molecule has 0 saturated carbocycles. The van der Waals surface area contributed by atoms with Crippen LogP contribution in [-0.2, 0) is 6.54 Å². The standard InChI is InChI=1S/C14H11BrN2S/c15-13-6-7-18-14(13)10-17-9-12(8-16-17)11-4-2-1-3-5-11/h1-9H,10H2. The second-order valence-electron chi connectivity index (χ2n) is 3.98. The fourth-order valence-corrected chi connectivity index (χ4v) is 3.28. The molecule has 0 atom stereocenters. The minimum absolute atomic E-state index is 0.811. The Morgan fingerprint density at radius 3 is 2.67 bits per heavy atom. The molecule has 0 amide bonds. The summed E-state index contributed by atoms with van der Waals surface area (Å²) in [7, 11) is 0. The average Bonchev–Trinajstić information content (AvgIpc) is 3.02. The highest BCUT2D eigenvalue weighted by molar-refractivity contribution is 9.10. The number of halogens is 1. The van der Waals surface area contributed by atoms with E-state index in [1.807, 2.05) is 29.1 Å². The van der Waals surface area contributed by atoms with E-state index in [4.69, 9.17) is 0 Å². The molecule has 0 radical (unpaired) electrons. The van der Waals surface area contributed by atoms with Crippen LogP contribution in [0.25, 0.3) is 11.1 Å². The lowest BCUT2D eigenvalue weighted by atomic mass is 10.1. The fourth-order valence-electron chi connectivity index (χ4n) is 1.81. The van der Waals surface area contributed by atoms with Crippen LogP contribution in [0.4, 0.5) is 0 Å². The summed E-state index contributed by atoms with van der Waals surface area (Å²) in [5.74, 6) is 0. The van der Waals surface area contributed by atoms with Gasteiger partial charge in [-0.2, -0.15) is 5.10 Å². The Kier molecular flexibility index (Phi) is 3.30. The number of rotatable bonds is 3. The Morgan fingerprint density at radius 2 is 1.94 bits per heavy atom. The van der Waals surface area contributed by atoms with Gasteiger partial charge in [-0.1, -0.05) is 30.3 Å². The van der Waals surface area contributed by atoms with Gasteiger partial charge in [0, 0.05) is 21.1 Å². The van der Waals surface area contributed by atoms with E-state index < -0.39 is 0 Å². The van der Waals surface area contributed by atoms with Gasteiger partial charge in [0.1, 0.15) is 0 Å². The predicted octanol–water partition coefficient (Wildman–Crippen LogP) is 4.42. The molecule has 0 unspecified atom stereocenters. The monoisotopic (exact) mass is 318 g/mol. The third kappa shape index (κ3) is 2.40. The lowest BCUT2D eigenvalue weighted by Gasteiger charge is -1.99. The van der Waals surface area contributed by atoms with Gasteiger partial charge in [-0.25, -0.2) is 0 Å². The van der Waals surface area contributed by atoms with Crippen LogP contribution in [0.2, 0.25) is 0 Å². The number of nitrogens with zero attached hydrogens (tertiary/aromatic N) is 2. The average molecular weight is 319 g/mol. The van der Waals surface area contributed by atoms with E-state index in [0.29, 0.717) is 0 Å². The Hall–Kier alpha value is -1.39. The van der Waals surface area contributed by atoms with Crippen LogP contribution < -0.4 is 0 Å². The van der Waals surface area contributed by atoms with Crippen LogP contribution in [0.1, 0.15) is 4.88 Å². The Labute approximate surface area is 118 Å².